The van der Waals surface area contributed by atoms with E-state index in [1.807, 2.05) is 19.9 Å². The summed E-state index contributed by atoms with van der Waals surface area (Å²) >= 11 is 0. The number of carboxylic acid groups (broad SMARTS) is 1. The van der Waals surface area contributed by atoms with E-state index in [9.17, 15) is 39.3 Å². The van der Waals surface area contributed by atoms with E-state index in [4.69, 9.17) is 9.84 Å². The fraction of sp³-hybridized carbons (Fsp3) is 0.690. The topological polar surface area (TPSA) is 188 Å². The van der Waals surface area contributed by atoms with E-state index in [1.165, 1.54) is 6.92 Å². The predicted molar refractivity (Wildman–Crippen MR) is 139 cm³/mol. The van der Waals surface area contributed by atoms with Crippen molar-refractivity contribution in [2.75, 3.05) is 6.61 Å². The second-order valence-electron chi connectivity index (χ2n) is 12.3. The molecule has 4 aliphatic rings. The van der Waals surface area contributed by atoms with Crippen molar-refractivity contribution in [2.24, 2.45) is 28.6 Å². The molecule has 2 unspecified atom stereocenters. The molecule has 3 saturated carbocycles. The third kappa shape index (κ3) is 5.03. The lowest BCUT2D eigenvalue weighted by atomic mass is 9.46. The Morgan fingerprint density at radius 2 is 1.88 bits per heavy atom. The van der Waals surface area contributed by atoms with E-state index in [1.54, 1.807) is 12.2 Å². The zero-order valence-electron chi connectivity index (χ0n) is 23.1. The van der Waals surface area contributed by atoms with Crippen LogP contribution >= 0.6 is 0 Å². The summed E-state index contributed by atoms with van der Waals surface area (Å²) in [5, 5.41) is 43.8. The summed E-state index contributed by atoms with van der Waals surface area (Å²) in [5.41, 5.74) is -2.19. The van der Waals surface area contributed by atoms with E-state index >= 15 is 0 Å². The number of hydrogen-bond acceptors (Lipinski definition) is 9. The van der Waals surface area contributed by atoms with Crippen LogP contribution in [0.1, 0.15) is 65.7 Å². The number of ketones is 2. The number of hydrogen-bond donors (Lipinski definition) is 5. The molecular formula is C29H39NO10. The summed E-state index contributed by atoms with van der Waals surface area (Å²) in [6, 6.07) is -1.52. The highest BCUT2D eigenvalue weighted by molar-refractivity contribution is 6.01. The van der Waals surface area contributed by atoms with Crippen molar-refractivity contribution in [1.82, 2.24) is 5.32 Å². The zero-order chi connectivity index (χ0) is 29.6. The zero-order valence-corrected chi connectivity index (χ0v) is 23.1. The minimum atomic E-state index is -1.80. The van der Waals surface area contributed by atoms with Gasteiger partial charge in [-0.05, 0) is 63.0 Å². The van der Waals surface area contributed by atoms with Crippen molar-refractivity contribution >= 4 is 29.4 Å². The number of fused-ring (bicyclic) bond motifs is 5. The average Bonchev–Trinajstić information content (AvgIpc) is 3.15. The van der Waals surface area contributed by atoms with Crippen LogP contribution in [0.3, 0.4) is 0 Å². The molecule has 4 aliphatic carbocycles. The molecule has 0 spiro atoms. The predicted octanol–water partition coefficient (Wildman–Crippen LogP) is 0.839. The molecule has 0 aliphatic heterocycles. The van der Waals surface area contributed by atoms with Gasteiger partial charge >= 0.3 is 11.9 Å². The normalized spacial score (nSPS) is 37.8. The van der Waals surface area contributed by atoms with Crippen molar-refractivity contribution in [3.63, 3.8) is 0 Å². The Morgan fingerprint density at radius 3 is 2.52 bits per heavy atom. The summed E-state index contributed by atoms with van der Waals surface area (Å²) in [4.78, 5) is 60.6. The Labute approximate surface area is 232 Å². The van der Waals surface area contributed by atoms with Gasteiger partial charge < -0.3 is 30.5 Å². The van der Waals surface area contributed by atoms with Crippen molar-refractivity contribution in [3.05, 3.63) is 23.8 Å². The number of aliphatic hydroxyl groups excluding tert-OH is 2. The number of rotatable bonds is 9. The molecule has 5 N–H and O–H groups in total. The summed E-state index contributed by atoms with van der Waals surface area (Å²) < 4.78 is 5.08. The first-order valence-electron chi connectivity index (χ1n) is 13.9. The Balaban J connectivity index is 1.38. The number of nitrogens with one attached hydrogen (secondary N) is 1. The molecule has 0 bridgehead atoms. The second-order valence-corrected chi connectivity index (χ2v) is 12.3. The van der Waals surface area contributed by atoms with Crippen LogP contribution in [0.2, 0.25) is 0 Å². The molecule has 0 heterocycles. The lowest BCUT2D eigenvalue weighted by Crippen LogP contribution is -2.61. The lowest BCUT2D eigenvalue weighted by Gasteiger charge is -2.59. The van der Waals surface area contributed by atoms with Gasteiger partial charge in [-0.25, -0.2) is 4.79 Å². The van der Waals surface area contributed by atoms with Gasteiger partial charge in [0.1, 0.15) is 5.60 Å². The van der Waals surface area contributed by atoms with Crippen molar-refractivity contribution in [1.29, 1.82) is 0 Å². The average molecular weight is 562 g/mol. The summed E-state index contributed by atoms with van der Waals surface area (Å²) in [6.45, 7) is 4.39. The maximum Gasteiger partial charge on any atom is 0.328 e. The molecule has 0 aromatic rings. The molecule has 40 heavy (non-hydrogen) atoms. The largest absolute Gasteiger partial charge is 0.480 e. The standard InChI is InChI=1S/C29H39NO10/c1-15(31)25(26(37)38)30-22(35)6-7-23(36)40-14-21(34)29(39)11-9-19-18-5-4-16-12-17(32)8-10-27(16,2)24(18)20(33)13-28(19,29)3/h8,10,12,15,18-20,24-25,31,33,39H,4-7,9,11,13-14H2,1-3H3,(H,30,35)(H,37,38)/t15?,18-,19-,20-,24+,25?,27-,28-,29-/m0/s1. The lowest BCUT2D eigenvalue weighted by molar-refractivity contribution is -0.181. The molecular weight excluding hydrogens is 522 g/mol. The van der Waals surface area contributed by atoms with Crippen LogP contribution < -0.4 is 5.32 Å². The van der Waals surface area contributed by atoms with E-state index in [2.05, 4.69) is 5.32 Å². The maximum absolute atomic E-state index is 13.3. The first-order chi connectivity index (χ1) is 18.6. The number of Topliss-reactive ketones (excluding diaryl/α,β-unsaturated/α-hetero) is 1. The van der Waals surface area contributed by atoms with Gasteiger partial charge in [0.2, 0.25) is 11.7 Å². The maximum atomic E-state index is 13.3. The van der Waals surface area contributed by atoms with Gasteiger partial charge in [-0.2, -0.15) is 0 Å². The Hall–Kier alpha value is -2.89. The van der Waals surface area contributed by atoms with Crippen LogP contribution in [0.15, 0.2) is 23.8 Å². The summed E-state index contributed by atoms with van der Waals surface area (Å²) in [5.74, 6) is -3.93. The number of esters is 1. The van der Waals surface area contributed by atoms with Gasteiger partial charge in [0.05, 0.1) is 18.6 Å². The van der Waals surface area contributed by atoms with Gasteiger partial charge in [-0.15, -0.1) is 0 Å². The molecule has 0 radical (unpaired) electrons. The molecule has 11 nitrogen and oxygen atoms in total. The third-order valence-electron chi connectivity index (χ3n) is 10.1. The van der Waals surface area contributed by atoms with E-state index in [0.29, 0.717) is 12.8 Å². The molecule has 4 rings (SSSR count). The summed E-state index contributed by atoms with van der Waals surface area (Å²) in [7, 11) is 0. The Kier molecular flexibility index (Phi) is 8.14. The number of aliphatic hydroxyl groups is 3. The molecule has 0 aromatic carbocycles. The molecule has 1 amide bonds. The fourth-order valence-corrected chi connectivity index (χ4v) is 7.98. The monoisotopic (exact) mass is 561 g/mol. The number of carboxylic acids is 1. The highest BCUT2D eigenvalue weighted by Crippen LogP contribution is 2.67. The van der Waals surface area contributed by atoms with E-state index < -0.39 is 77.8 Å². The minimum absolute atomic E-state index is 0.0351. The van der Waals surface area contributed by atoms with Crippen LogP contribution in [-0.2, 0) is 28.7 Å². The highest BCUT2D eigenvalue weighted by atomic mass is 16.5. The number of allylic oxidation sites excluding steroid dienone is 4. The smallest absolute Gasteiger partial charge is 0.328 e. The van der Waals surface area contributed by atoms with Gasteiger partial charge in [-0.1, -0.05) is 25.5 Å². The van der Waals surface area contributed by atoms with Gasteiger partial charge in [0.25, 0.3) is 0 Å². The van der Waals surface area contributed by atoms with Gasteiger partial charge in [0, 0.05) is 23.2 Å². The van der Waals surface area contributed by atoms with E-state index in [-0.39, 0.29) is 36.4 Å². The summed E-state index contributed by atoms with van der Waals surface area (Å²) in [6.07, 6.45) is 4.52. The quantitative estimate of drug-likeness (QED) is 0.252. The van der Waals surface area contributed by atoms with Crippen LogP contribution in [-0.4, -0.2) is 80.3 Å². The number of carbonyl (C=O) groups excluding carboxylic acids is 4. The number of amides is 1. The first-order valence-corrected chi connectivity index (χ1v) is 13.9. The molecule has 11 heteroatoms. The highest BCUT2D eigenvalue weighted by Gasteiger charge is 2.68. The van der Waals surface area contributed by atoms with E-state index in [0.717, 1.165) is 12.0 Å². The first kappa shape index (κ1) is 30.1. The van der Waals surface area contributed by atoms with Crippen LogP contribution in [0, 0.1) is 28.6 Å². The van der Waals surface area contributed by atoms with Crippen LogP contribution in [0.4, 0.5) is 0 Å². The molecule has 220 valence electrons. The molecule has 0 aromatic heterocycles. The molecule has 0 saturated heterocycles. The third-order valence-corrected chi connectivity index (χ3v) is 10.1. The number of ether oxygens (including phenoxy) is 1. The number of aliphatic carboxylic acids is 1. The number of carbonyl (C=O) groups is 5. The van der Waals surface area contributed by atoms with Crippen molar-refractivity contribution < 1.29 is 49.1 Å². The van der Waals surface area contributed by atoms with Crippen molar-refractivity contribution in [3.8, 4) is 0 Å². The minimum Gasteiger partial charge on any atom is -0.480 e. The fourth-order valence-electron chi connectivity index (χ4n) is 7.98. The van der Waals surface area contributed by atoms with Crippen LogP contribution in [0.5, 0.6) is 0 Å². The Bertz CT molecular complexity index is 1160. The second kappa shape index (κ2) is 10.8. The SMILES string of the molecule is CC(O)C(NC(=O)CCC(=O)OCC(=O)[C@@]1(O)CC[C@H]2[C@@H]3CCC4=CC(=O)C=C[C@]4(C)[C@H]3[C@@H](O)C[C@@]21C)C(=O)O. The van der Waals surface area contributed by atoms with Gasteiger partial charge in [0.15, 0.2) is 18.4 Å². The van der Waals surface area contributed by atoms with Crippen LogP contribution in [0.25, 0.3) is 0 Å². The molecule has 3 fully saturated rings. The van der Waals surface area contributed by atoms with Crippen molar-refractivity contribution in [2.45, 2.75) is 89.6 Å². The molecule has 9 atom stereocenters. The van der Waals surface area contributed by atoms with Gasteiger partial charge in [-0.3, -0.25) is 19.2 Å². The Morgan fingerprint density at radius 1 is 1.18 bits per heavy atom.